The average molecular weight is 294 g/mol. The van der Waals surface area contributed by atoms with Crippen molar-refractivity contribution < 1.29 is 9.59 Å². The molecule has 3 N–H and O–H groups in total. The third-order valence-corrected chi connectivity index (χ3v) is 3.51. The van der Waals surface area contributed by atoms with Crippen LogP contribution in [0.2, 0.25) is 0 Å². The molecule has 0 saturated carbocycles. The van der Waals surface area contributed by atoms with E-state index < -0.39 is 0 Å². The molecule has 1 aromatic rings. The lowest BCUT2D eigenvalue weighted by Gasteiger charge is -2.14. The Labute approximate surface area is 125 Å². The number of unbranched alkanes of at least 4 members (excludes halogenated alkanes) is 1. The van der Waals surface area contributed by atoms with Crippen molar-refractivity contribution in [3.63, 3.8) is 0 Å². The minimum atomic E-state index is -0.298. The van der Waals surface area contributed by atoms with Crippen LogP contribution in [-0.2, 0) is 16.0 Å². The molecule has 0 aromatic heterocycles. The molecule has 0 aliphatic carbocycles. The molecule has 0 aliphatic rings. The number of nitrogens with two attached hydrogens (primary N) is 1. The first-order valence-electron chi connectivity index (χ1n) is 6.84. The van der Waals surface area contributed by atoms with E-state index in [-0.39, 0.29) is 17.7 Å². The van der Waals surface area contributed by atoms with Crippen molar-refractivity contribution in [3.8, 4) is 0 Å². The summed E-state index contributed by atoms with van der Waals surface area (Å²) >= 11 is 4.25. The van der Waals surface area contributed by atoms with Crippen LogP contribution in [-0.4, -0.2) is 24.1 Å². The second-order valence-electron chi connectivity index (χ2n) is 4.78. The number of hydrogen-bond acceptors (Lipinski definition) is 3. The monoisotopic (exact) mass is 294 g/mol. The summed E-state index contributed by atoms with van der Waals surface area (Å²) in [6.45, 7) is 0.575. The fourth-order valence-corrected chi connectivity index (χ4v) is 2.21. The first-order chi connectivity index (χ1) is 9.63. The minimum Gasteiger partial charge on any atom is -0.370 e. The van der Waals surface area contributed by atoms with E-state index in [4.69, 9.17) is 5.73 Å². The summed E-state index contributed by atoms with van der Waals surface area (Å²) in [5.41, 5.74) is 6.19. The number of benzene rings is 1. The van der Waals surface area contributed by atoms with Crippen molar-refractivity contribution in [1.29, 1.82) is 0 Å². The highest BCUT2D eigenvalue weighted by molar-refractivity contribution is 7.80. The summed E-state index contributed by atoms with van der Waals surface area (Å²) < 4.78 is 0. The Hall–Kier alpha value is -1.49. The summed E-state index contributed by atoms with van der Waals surface area (Å²) in [5, 5.41) is 2.89. The van der Waals surface area contributed by atoms with Gasteiger partial charge in [0.1, 0.15) is 0 Å². The maximum Gasteiger partial charge on any atom is 0.224 e. The van der Waals surface area contributed by atoms with E-state index >= 15 is 0 Å². The highest BCUT2D eigenvalue weighted by Crippen LogP contribution is 2.10. The molecule has 20 heavy (non-hydrogen) atoms. The van der Waals surface area contributed by atoms with Crippen molar-refractivity contribution in [2.75, 3.05) is 12.3 Å². The zero-order chi connectivity index (χ0) is 14.8. The number of nitrogens with one attached hydrogen (secondary N) is 1. The van der Waals surface area contributed by atoms with Crippen LogP contribution in [0.4, 0.5) is 0 Å². The van der Waals surface area contributed by atoms with Gasteiger partial charge in [-0.15, -0.1) is 0 Å². The average Bonchev–Trinajstić information content (AvgIpc) is 2.45. The van der Waals surface area contributed by atoms with E-state index in [9.17, 15) is 9.59 Å². The second-order valence-corrected chi connectivity index (χ2v) is 5.15. The van der Waals surface area contributed by atoms with Crippen LogP contribution in [0.3, 0.4) is 0 Å². The number of thiol groups is 1. The molecule has 4 nitrogen and oxygen atoms in total. The molecule has 1 atom stereocenters. The summed E-state index contributed by atoms with van der Waals surface area (Å²) in [5.74, 6) is 0.107. The van der Waals surface area contributed by atoms with Gasteiger partial charge in [0.05, 0.1) is 5.92 Å². The van der Waals surface area contributed by atoms with Crippen LogP contribution in [0.5, 0.6) is 0 Å². The van der Waals surface area contributed by atoms with Crippen LogP contribution in [0, 0.1) is 5.92 Å². The fraction of sp³-hybridized carbons (Fsp3) is 0.467. The Kier molecular flexibility index (Phi) is 7.80. The number of rotatable bonds is 9. The number of hydrogen-bond donors (Lipinski definition) is 3. The molecule has 0 heterocycles. The van der Waals surface area contributed by atoms with Gasteiger partial charge in [0.15, 0.2) is 0 Å². The van der Waals surface area contributed by atoms with Gasteiger partial charge in [0.25, 0.3) is 0 Å². The van der Waals surface area contributed by atoms with Crippen LogP contribution in [0.15, 0.2) is 30.3 Å². The van der Waals surface area contributed by atoms with Gasteiger partial charge in [-0.05, 0) is 24.8 Å². The van der Waals surface area contributed by atoms with Gasteiger partial charge in [0.2, 0.25) is 11.8 Å². The van der Waals surface area contributed by atoms with Crippen molar-refractivity contribution >= 4 is 24.4 Å². The van der Waals surface area contributed by atoms with E-state index in [1.165, 1.54) is 0 Å². The second kappa shape index (κ2) is 9.42. The zero-order valence-electron chi connectivity index (χ0n) is 11.5. The van der Waals surface area contributed by atoms with Gasteiger partial charge in [-0.2, -0.15) is 12.6 Å². The molecule has 0 bridgehead atoms. The normalized spacial score (nSPS) is 11.8. The predicted molar refractivity (Wildman–Crippen MR) is 83.5 cm³/mol. The third kappa shape index (κ3) is 6.61. The molecule has 1 aromatic carbocycles. The molecular formula is C15H22N2O2S. The van der Waals surface area contributed by atoms with Gasteiger partial charge < -0.3 is 11.1 Å². The molecule has 0 saturated heterocycles. The topological polar surface area (TPSA) is 72.2 Å². The molecule has 1 rings (SSSR count). The molecule has 0 aliphatic heterocycles. The summed E-state index contributed by atoms with van der Waals surface area (Å²) in [6.07, 6.45) is 2.53. The largest absolute Gasteiger partial charge is 0.370 e. The van der Waals surface area contributed by atoms with Gasteiger partial charge in [-0.25, -0.2) is 0 Å². The number of primary amides is 1. The van der Waals surface area contributed by atoms with Crippen LogP contribution in [0.1, 0.15) is 24.8 Å². The third-order valence-electron chi connectivity index (χ3n) is 3.07. The van der Waals surface area contributed by atoms with Gasteiger partial charge in [0, 0.05) is 18.7 Å². The predicted octanol–water partition coefficient (Wildman–Crippen LogP) is 1.55. The van der Waals surface area contributed by atoms with E-state index in [2.05, 4.69) is 17.9 Å². The van der Waals surface area contributed by atoms with E-state index in [0.29, 0.717) is 31.6 Å². The van der Waals surface area contributed by atoms with Gasteiger partial charge in [-0.1, -0.05) is 30.3 Å². The number of carbonyl (C=O) groups excluding carboxylic acids is 2. The van der Waals surface area contributed by atoms with Crippen molar-refractivity contribution in [3.05, 3.63) is 35.9 Å². The Balaban J connectivity index is 2.30. The van der Waals surface area contributed by atoms with E-state index in [1.54, 1.807) is 0 Å². The maximum absolute atomic E-state index is 12.0. The van der Waals surface area contributed by atoms with E-state index in [1.807, 2.05) is 30.3 Å². The molecule has 110 valence electrons. The smallest absolute Gasteiger partial charge is 0.224 e. The van der Waals surface area contributed by atoms with E-state index in [0.717, 1.165) is 12.0 Å². The lowest BCUT2D eigenvalue weighted by molar-refractivity contribution is -0.124. The minimum absolute atomic E-state index is 0.0166. The molecular weight excluding hydrogens is 272 g/mol. The summed E-state index contributed by atoms with van der Waals surface area (Å²) in [7, 11) is 0. The number of carbonyl (C=O) groups is 2. The molecule has 5 heteroatoms. The first kappa shape index (κ1) is 16.6. The van der Waals surface area contributed by atoms with Crippen molar-refractivity contribution in [2.24, 2.45) is 11.7 Å². The standard InChI is InChI=1S/C15H22N2O2S/c16-14(18)8-4-5-9-17-15(19)13(11-20)10-12-6-2-1-3-7-12/h1-3,6-7,13,20H,4-5,8-11H2,(H2,16,18)(H,17,19). The van der Waals surface area contributed by atoms with Gasteiger partial charge >= 0.3 is 0 Å². The Morgan fingerprint density at radius 3 is 2.50 bits per heavy atom. The summed E-state index contributed by atoms with van der Waals surface area (Å²) in [6, 6.07) is 9.91. The van der Waals surface area contributed by atoms with Crippen molar-refractivity contribution in [1.82, 2.24) is 5.32 Å². The number of amides is 2. The molecule has 0 radical (unpaired) electrons. The zero-order valence-corrected chi connectivity index (χ0v) is 12.4. The maximum atomic E-state index is 12.0. The fourth-order valence-electron chi connectivity index (χ4n) is 1.92. The Morgan fingerprint density at radius 1 is 1.20 bits per heavy atom. The van der Waals surface area contributed by atoms with Crippen molar-refractivity contribution in [2.45, 2.75) is 25.7 Å². The van der Waals surface area contributed by atoms with Crippen LogP contribution >= 0.6 is 12.6 Å². The molecule has 0 spiro atoms. The molecule has 1 unspecified atom stereocenters. The van der Waals surface area contributed by atoms with Gasteiger partial charge in [-0.3, -0.25) is 9.59 Å². The lowest BCUT2D eigenvalue weighted by atomic mass is 10.00. The lowest BCUT2D eigenvalue weighted by Crippen LogP contribution is -2.33. The molecule has 2 amide bonds. The first-order valence-corrected chi connectivity index (χ1v) is 7.47. The molecule has 0 fully saturated rings. The summed E-state index contributed by atoms with van der Waals surface area (Å²) in [4.78, 5) is 22.6. The Morgan fingerprint density at radius 2 is 1.90 bits per heavy atom. The van der Waals surface area contributed by atoms with Crippen LogP contribution < -0.4 is 11.1 Å². The van der Waals surface area contributed by atoms with Crippen LogP contribution in [0.25, 0.3) is 0 Å². The highest BCUT2D eigenvalue weighted by Gasteiger charge is 2.16. The Bertz CT molecular complexity index is 423. The SMILES string of the molecule is NC(=O)CCCCNC(=O)C(CS)Cc1ccccc1. The quantitative estimate of drug-likeness (QED) is 0.477. The highest BCUT2D eigenvalue weighted by atomic mass is 32.1.